The third-order valence-corrected chi connectivity index (χ3v) is 5.67. The van der Waals surface area contributed by atoms with E-state index in [1.165, 1.54) is 36.5 Å². The highest BCUT2D eigenvalue weighted by atomic mass is 32.2. The molecular formula is C22H16N4O5S. The molecule has 0 aliphatic rings. The smallest absolute Gasteiger partial charge is 0.339 e. The lowest BCUT2D eigenvalue weighted by Gasteiger charge is -2.08. The van der Waals surface area contributed by atoms with Crippen molar-refractivity contribution in [2.24, 2.45) is 5.10 Å². The van der Waals surface area contributed by atoms with Crippen molar-refractivity contribution in [1.82, 2.24) is 4.98 Å². The van der Waals surface area contributed by atoms with E-state index in [2.05, 4.69) is 15.5 Å². The molecule has 0 fully saturated rings. The van der Waals surface area contributed by atoms with Crippen molar-refractivity contribution in [2.45, 2.75) is 4.90 Å². The van der Waals surface area contributed by atoms with E-state index in [0.717, 1.165) is 17.0 Å². The van der Waals surface area contributed by atoms with Gasteiger partial charge in [0.2, 0.25) is 0 Å². The monoisotopic (exact) mass is 448 g/mol. The van der Waals surface area contributed by atoms with Crippen LogP contribution >= 0.6 is 0 Å². The molecular weight excluding hydrogens is 432 g/mol. The molecule has 0 atom stereocenters. The Morgan fingerprint density at radius 2 is 1.78 bits per heavy atom. The van der Waals surface area contributed by atoms with Gasteiger partial charge < -0.3 is 4.18 Å². The lowest BCUT2D eigenvalue weighted by Crippen LogP contribution is -2.09. The zero-order valence-electron chi connectivity index (χ0n) is 16.5. The summed E-state index contributed by atoms with van der Waals surface area (Å²) in [5, 5.41) is 16.4. The number of aromatic nitrogens is 1. The molecule has 0 unspecified atom stereocenters. The lowest BCUT2D eigenvalue weighted by molar-refractivity contribution is -0.385. The molecule has 1 heterocycles. The number of benzene rings is 3. The molecule has 160 valence electrons. The molecule has 1 N–H and O–H groups in total. The number of nitrogens with zero attached hydrogens (tertiary/aromatic N) is 3. The Labute approximate surface area is 183 Å². The van der Waals surface area contributed by atoms with Crippen LogP contribution in [0.25, 0.3) is 10.8 Å². The van der Waals surface area contributed by atoms with Crippen molar-refractivity contribution >= 4 is 38.6 Å². The van der Waals surface area contributed by atoms with E-state index in [1.807, 2.05) is 24.3 Å². The maximum absolute atomic E-state index is 12.7. The SMILES string of the molecule is O=[N+]([O-])c1ccc(N/N=C/c2cccc(OS(=O)(=O)c3ccc4ccccc4c3)c2)nc1. The van der Waals surface area contributed by atoms with E-state index in [4.69, 9.17) is 4.18 Å². The van der Waals surface area contributed by atoms with Gasteiger partial charge in [0.1, 0.15) is 22.7 Å². The summed E-state index contributed by atoms with van der Waals surface area (Å²) in [6, 6.07) is 21.4. The molecule has 1 aromatic heterocycles. The van der Waals surface area contributed by atoms with Gasteiger partial charge in [-0.2, -0.15) is 13.5 Å². The Kier molecular flexibility index (Phi) is 5.77. The van der Waals surface area contributed by atoms with E-state index < -0.39 is 15.0 Å². The average Bonchev–Trinajstić information content (AvgIpc) is 2.79. The Hall–Kier alpha value is -4.31. The quantitative estimate of drug-likeness (QED) is 0.193. The number of fused-ring (bicyclic) bond motifs is 1. The minimum absolute atomic E-state index is 0.0567. The first-order valence-electron chi connectivity index (χ1n) is 9.34. The number of hydrogen-bond acceptors (Lipinski definition) is 8. The van der Waals surface area contributed by atoms with Crippen LogP contribution in [-0.2, 0) is 10.1 Å². The number of hydrazone groups is 1. The molecule has 0 saturated carbocycles. The van der Waals surface area contributed by atoms with E-state index in [-0.39, 0.29) is 16.3 Å². The van der Waals surface area contributed by atoms with E-state index in [0.29, 0.717) is 11.4 Å². The van der Waals surface area contributed by atoms with Gasteiger partial charge in [0.15, 0.2) is 0 Å². The van der Waals surface area contributed by atoms with Crippen molar-refractivity contribution in [3.8, 4) is 5.75 Å². The van der Waals surface area contributed by atoms with Gasteiger partial charge in [-0.3, -0.25) is 15.5 Å². The molecule has 10 heteroatoms. The van der Waals surface area contributed by atoms with Crippen LogP contribution in [0, 0.1) is 10.1 Å². The minimum Gasteiger partial charge on any atom is -0.379 e. The first-order valence-corrected chi connectivity index (χ1v) is 10.7. The van der Waals surface area contributed by atoms with Crippen LogP contribution in [0.15, 0.2) is 95.1 Å². The summed E-state index contributed by atoms with van der Waals surface area (Å²) < 4.78 is 30.7. The second kappa shape index (κ2) is 8.82. The van der Waals surface area contributed by atoms with Gasteiger partial charge in [-0.25, -0.2) is 4.98 Å². The molecule has 0 saturated heterocycles. The molecule has 3 aromatic carbocycles. The summed E-state index contributed by atoms with van der Waals surface area (Å²) in [5.41, 5.74) is 3.09. The van der Waals surface area contributed by atoms with Crippen molar-refractivity contribution in [2.75, 3.05) is 5.43 Å². The van der Waals surface area contributed by atoms with Gasteiger partial charge in [0.25, 0.3) is 5.69 Å². The maximum Gasteiger partial charge on any atom is 0.339 e. The van der Waals surface area contributed by atoms with Gasteiger partial charge in [0.05, 0.1) is 11.1 Å². The van der Waals surface area contributed by atoms with Crippen LogP contribution in [-0.4, -0.2) is 24.5 Å². The summed E-state index contributed by atoms with van der Waals surface area (Å²) >= 11 is 0. The molecule has 0 spiro atoms. The summed E-state index contributed by atoms with van der Waals surface area (Å²) in [5.74, 6) is 0.453. The van der Waals surface area contributed by atoms with Crippen LogP contribution in [0.4, 0.5) is 11.5 Å². The molecule has 0 amide bonds. The molecule has 0 radical (unpaired) electrons. The predicted molar refractivity (Wildman–Crippen MR) is 120 cm³/mol. The van der Waals surface area contributed by atoms with Gasteiger partial charge in [0, 0.05) is 6.07 Å². The largest absolute Gasteiger partial charge is 0.379 e. The van der Waals surface area contributed by atoms with Gasteiger partial charge in [-0.05, 0) is 46.7 Å². The number of pyridine rings is 1. The van der Waals surface area contributed by atoms with E-state index in [1.54, 1.807) is 24.3 Å². The number of anilines is 1. The second-order valence-electron chi connectivity index (χ2n) is 6.65. The van der Waals surface area contributed by atoms with Crippen molar-refractivity contribution in [3.05, 3.63) is 101 Å². The Bertz CT molecular complexity index is 1420. The first-order chi connectivity index (χ1) is 15.4. The topological polar surface area (TPSA) is 124 Å². The molecule has 32 heavy (non-hydrogen) atoms. The molecule has 4 aromatic rings. The predicted octanol–water partition coefficient (Wildman–Crippen LogP) is 4.36. The fourth-order valence-corrected chi connectivity index (χ4v) is 3.84. The number of hydrogen-bond donors (Lipinski definition) is 1. The van der Waals surface area contributed by atoms with Gasteiger partial charge in [-0.1, -0.05) is 42.5 Å². The normalized spacial score (nSPS) is 11.5. The van der Waals surface area contributed by atoms with Crippen molar-refractivity contribution in [3.63, 3.8) is 0 Å². The summed E-state index contributed by atoms with van der Waals surface area (Å²) in [6.07, 6.45) is 2.56. The third-order valence-electron chi connectivity index (χ3n) is 4.43. The fourth-order valence-electron chi connectivity index (χ4n) is 2.88. The second-order valence-corrected chi connectivity index (χ2v) is 8.19. The zero-order valence-corrected chi connectivity index (χ0v) is 17.3. The number of rotatable bonds is 7. The summed E-state index contributed by atoms with van der Waals surface area (Å²) in [7, 11) is -4.02. The Morgan fingerprint density at radius 3 is 2.53 bits per heavy atom. The van der Waals surface area contributed by atoms with Gasteiger partial charge >= 0.3 is 10.1 Å². The summed E-state index contributed by atoms with van der Waals surface area (Å²) in [4.78, 5) is 14.0. The highest BCUT2D eigenvalue weighted by Gasteiger charge is 2.17. The standard InChI is InChI=1S/C22H16N4O5S/c27-26(28)19-9-11-22(23-15-19)25-24-14-16-4-3-7-20(12-16)31-32(29,30)21-10-8-17-5-1-2-6-18(17)13-21/h1-15H,(H,23,25)/b24-14+. The number of nitrogens with one attached hydrogen (secondary N) is 1. The fraction of sp³-hybridized carbons (Fsp3) is 0. The molecule has 0 aliphatic carbocycles. The molecule has 9 nitrogen and oxygen atoms in total. The lowest BCUT2D eigenvalue weighted by atomic mass is 10.1. The van der Waals surface area contributed by atoms with E-state index in [9.17, 15) is 18.5 Å². The minimum atomic E-state index is -4.02. The van der Waals surface area contributed by atoms with Crippen molar-refractivity contribution < 1.29 is 17.5 Å². The molecule has 4 rings (SSSR count). The van der Waals surface area contributed by atoms with Crippen LogP contribution in [0.1, 0.15) is 5.56 Å². The average molecular weight is 448 g/mol. The van der Waals surface area contributed by atoms with Gasteiger partial charge in [-0.15, -0.1) is 0 Å². The Morgan fingerprint density at radius 1 is 0.969 bits per heavy atom. The third kappa shape index (κ3) is 4.87. The van der Waals surface area contributed by atoms with Crippen molar-refractivity contribution in [1.29, 1.82) is 0 Å². The number of nitro groups is 1. The van der Waals surface area contributed by atoms with Crippen LogP contribution < -0.4 is 9.61 Å². The maximum atomic E-state index is 12.7. The van der Waals surface area contributed by atoms with Crippen LogP contribution in [0.3, 0.4) is 0 Å². The van der Waals surface area contributed by atoms with Crippen LogP contribution in [0.2, 0.25) is 0 Å². The van der Waals surface area contributed by atoms with Crippen LogP contribution in [0.5, 0.6) is 5.75 Å². The summed E-state index contributed by atoms with van der Waals surface area (Å²) in [6.45, 7) is 0. The Balaban J connectivity index is 1.47. The zero-order chi connectivity index (χ0) is 22.6. The van der Waals surface area contributed by atoms with E-state index >= 15 is 0 Å². The molecule has 0 bridgehead atoms. The first kappa shape index (κ1) is 20.9. The highest BCUT2D eigenvalue weighted by Crippen LogP contribution is 2.23. The highest BCUT2D eigenvalue weighted by molar-refractivity contribution is 7.87. The molecule has 0 aliphatic heterocycles.